The van der Waals surface area contributed by atoms with Crippen LogP contribution in [-0.2, 0) is 47.5 Å². The van der Waals surface area contributed by atoms with Gasteiger partial charge in [0.15, 0.2) is 18.9 Å². The molecule has 0 bridgehead atoms. The largest absolute Gasteiger partial charge is 0.477 e. The monoisotopic (exact) mass is 820 g/mol. The smallest absolute Gasteiger partial charge is 0.364 e. The van der Waals surface area contributed by atoms with Gasteiger partial charge in [-0.05, 0) is 6.92 Å². The van der Waals surface area contributed by atoms with Gasteiger partial charge in [0.1, 0.15) is 85.4 Å². The zero-order valence-electron chi connectivity index (χ0n) is 30.3. The highest BCUT2D eigenvalue weighted by atomic mass is 16.8. The molecule has 324 valence electrons. The standard InChI is InChI=1S/C31H52N2O23/c1-8-17(41)20(44)21(45)28(50-8)53-23-14(7-36)51-27(47)16(33-10(3)38)25(23)54-29-22(46)26(19(43)13(6-35)52-29)56-31(30(48)49)4-11(39)15(32-9(2)37)24(55-31)18(42)12(40)5-34/h8,11-29,34-36,39-47H,4-7H2,1-3H3,(H,32,37)(H,33,38)(H,48,49)/t8-,11-,12+,13+,14+,15+,16+,17+,18+,19-,20+,21-,22+,23+,24?,25+,26-,27?,28+,29-,31-/m0/s1. The summed E-state index contributed by atoms with van der Waals surface area (Å²) in [6, 6.07) is -3.27. The van der Waals surface area contributed by atoms with Gasteiger partial charge in [0.05, 0.1) is 38.1 Å². The minimum atomic E-state index is -3.12. The number of rotatable bonds is 14. The zero-order valence-corrected chi connectivity index (χ0v) is 30.3. The summed E-state index contributed by atoms with van der Waals surface area (Å²) in [5, 5.41) is 142. The SMILES string of the molecule is CC(=O)N[C@H]1C(O)O[C@H](CO)[C@@H](O[C@H]2O[C@@H](C)[C@@H](O)[C@@H](O)[C@@H]2O)[C@@H]1O[C@@H]1O[C@H](CO)[C@H](O)[C@H](O[C@]2(C(=O)O)C[C@H](O)[C@@H](NC(C)=O)C([C@H](O)[C@H](O)CO)O2)[C@H]1O. The van der Waals surface area contributed by atoms with Crippen LogP contribution in [0.15, 0.2) is 0 Å². The average Bonchev–Trinajstić information content (AvgIpc) is 3.14. The van der Waals surface area contributed by atoms with Gasteiger partial charge in [-0.2, -0.15) is 0 Å². The second-order valence-electron chi connectivity index (χ2n) is 14.0. The maximum atomic E-state index is 12.9. The van der Waals surface area contributed by atoms with Crippen molar-refractivity contribution >= 4 is 17.8 Å². The highest BCUT2D eigenvalue weighted by molar-refractivity contribution is 5.76. The Morgan fingerprint density at radius 3 is 1.86 bits per heavy atom. The maximum Gasteiger partial charge on any atom is 0.364 e. The Balaban J connectivity index is 1.72. The van der Waals surface area contributed by atoms with Gasteiger partial charge in [-0.15, -0.1) is 0 Å². The second-order valence-corrected chi connectivity index (χ2v) is 14.0. The van der Waals surface area contributed by atoms with Crippen LogP contribution < -0.4 is 10.6 Å². The molecule has 0 aromatic heterocycles. The van der Waals surface area contributed by atoms with Crippen LogP contribution in [0.25, 0.3) is 0 Å². The van der Waals surface area contributed by atoms with Gasteiger partial charge in [0.2, 0.25) is 11.8 Å². The van der Waals surface area contributed by atoms with Crippen molar-refractivity contribution in [3.05, 3.63) is 0 Å². The summed E-state index contributed by atoms with van der Waals surface area (Å²) in [7, 11) is 0. The predicted octanol–water partition coefficient (Wildman–Crippen LogP) is -9.23. The lowest BCUT2D eigenvalue weighted by atomic mass is 9.88. The minimum absolute atomic E-state index is 0.785. The van der Waals surface area contributed by atoms with Crippen LogP contribution in [0.5, 0.6) is 0 Å². The van der Waals surface area contributed by atoms with E-state index in [-0.39, 0.29) is 0 Å². The number of carboxylic acid groups (broad SMARTS) is 1. The molecule has 0 aromatic carbocycles. The van der Waals surface area contributed by atoms with Crippen LogP contribution in [0.2, 0.25) is 0 Å². The van der Waals surface area contributed by atoms with Gasteiger partial charge in [0, 0.05) is 20.3 Å². The molecule has 4 aliphatic heterocycles. The lowest BCUT2D eigenvalue weighted by Crippen LogP contribution is -2.71. The minimum Gasteiger partial charge on any atom is -0.477 e. The van der Waals surface area contributed by atoms with Gasteiger partial charge >= 0.3 is 5.97 Å². The number of ether oxygens (including phenoxy) is 7. The van der Waals surface area contributed by atoms with E-state index >= 15 is 0 Å². The number of amides is 2. The van der Waals surface area contributed by atoms with E-state index in [2.05, 4.69) is 10.6 Å². The number of carbonyl (C=O) groups is 3. The van der Waals surface area contributed by atoms with Crippen molar-refractivity contribution in [1.29, 1.82) is 0 Å². The lowest BCUT2D eigenvalue weighted by molar-refractivity contribution is -0.389. The average molecular weight is 821 g/mol. The van der Waals surface area contributed by atoms with Gasteiger partial charge in [-0.1, -0.05) is 0 Å². The van der Waals surface area contributed by atoms with E-state index in [1.807, 2.05) is 0 Å². The van der Waals surface area contributed by atoms with Gasteiger partial charge in [-0.3, -0.25) is 9.59 Å². The number of aliphatic hydroxyl groups excluding tert-OH is 12. The third-order valence-corrected chi connectivity index (χ3v) is 9.94. The number of nitrogens with one attached hydrogen (secondary N) is 2. The number of carbonyl (C=O) groups excluding carboxylic acids is 2. The van der Waals surface area contributed by atoms with Crippen LogP contribution in [0.4, 0.5) is 0 Å². The Kier molecular flexibility index (Phi) is 15.8. The van der Waals surface area contributed by atoms with Crippen LogP contribution >= 0.6 is 0 Å². The third-order valence-electron chi connectivity index (χ3n) is 9.94. The van der Waals surface area contributed by atoms with E-state index in [1.54, 1.807) is 0 Å². The molecule has 15 N–H and O–H groups in total. The Morgan fingerprint density at radius 2 is 1.30 bits per heavy atom. The van der Waals surface area contributed by atoms with Crippen LogP contribution in [-0.4, -0.2) is 232 Å². The molecule has 56 heavy (non-hydrogen) atoms. The Bertz CT molecular complexity index is 1330. The molecule has 4 saturated heterocycles. The van der Waals surface area contributed by atoms with Gasteiger partial charge in [-0.25, -0.2) is 4.79 Å². The fourth-order valence-corrected chi connectivity index (χ4v) is 6.99. The fourth-order valence-electron chi connectivity index (χ4n) is 6.99. The van der Waals surface area contributed by atoms with E-state index in [0.717, 1.165) is 13.8 Å². The van der Waals surface area contributed by atoms with E-state index < -0.39 is 172 Å². The van der Waals surface area contributed by atoms with Crippen molar-refractivity contribution in [3.8, 4) is 0 Å². The van der Waals surface area contributed by atoms with Crippen LogP contribution in [0, 0.1) is 0 Å². The molecular weight excluding hydrogens is 768 g/mol. The molecular formula is C31H52N2O23. The first-order valence-corrected chi connectivity index (χ1v) is 17.6. The van der Waals surface area contributed by atoms with Crippen LogP contribution in [0.1, 0.15) is 27.2 Å². The number of hydrogen-bond acceptors (Lipinski definition) is 22. The number of aliphatic hydroxyl groups is 12. The van der Waals surface area contributed by atoms with Crippen molar-refractivity contribution in [1.82, 2.24) is 10.6 Å². The van der Waals surface area contributed by atoms with E-state index in [4.69, 9.17) is 33.2 Å². The Morgan fingerprint density at radius 1 is 0.732 bits per heavy atom. The molecule has 4 aliphatic rings. The van der Waals surface area contributed by atoms with Crippen molar-refractivity contribution in [2.24, 2.45) is 0 Å². The highest BCUT2D eigenvalue weighted by Crippen LogP contribution is 2.39. The normalized spacial score (nSPS) is 45.7. The molecule has 0 aromatic rings. The summed E-state index contributed by atoms with van der Waals surface area (Å²) in [5.41, 5.74) is 0. The number of carboxylic acids is 1. The fraction of sp³-hybridized carbons (Fsp3) is 0.903. The third kappa shape index (κ3) is 9.74. The quantitative estimate of drug-likeness (QED) is 0.0773. The van der Waals surface area contributed by atoms with Crippen LogP contribution in [0.3, 0.4) is 0 Å². The molecule has 0 saturated carbocycles. The molecule has 21 atom stereocenters. The molecule has 4 fully saturated rings. The molecule has 0 aliphatic carbocycles. The molecule has 25 heteroatoms. The molecule has 4 heterocycles. The van der Waals surface area contributed by atoms with E-state index in [9.17, 15) is 80.8 Å². The maximum absolute atomic E-state index is 12.9. The summed E-state index contributed by atoms with van der Waals surface area (Å²) < 4.78 is 39.7. The molecule has 2 unspecified atom stereocenters. The summed E-state index contributed by atoms with van der Waals surface area (Å²) in [6.07, 6.45) is -35.2. The van der Waals surface area contributed by atoms with E-state index in [0.29, 0.717) is 0 Å². The van der Waals surface area contributed by atoms with Gasteiger partial charge < -0.3 is 110 Å². The second kappa shape index (κ2) is 19.1. The molecule has 2 amide bonds. The van der Waals surface area contributed by atoms with Crippen molar-refractivity contribution in [2.75, 3.05) is 19.8 Å². The Hall–Kier alpha value is -2.35. The first-order chi connectivity index (χ1) is 26.2. The van der Waals surface area contributed by atoms with Crippen molar-refractivity contribution in [2.45, 2.75) is 155 Å². The van der Waals surface area contributed by atoms with Crippen molar-refractivity contribution in [3.63, 3.8) is 0 Å². The summed E-state index contributed by atoms with van der Waals surface area (Å²) >= 11 is 0. The topological polar surface area (TPSA) is 403 Å². The first kappa shape index (κ1) is 46.3. The summed E-state index contributed by atoms with van der Waals surface area (Å²) in [4.78, 5) is 37.0. The number of hydrogen-bond donors (Lipinski definition) is 15. The van der Waals surface area contributed by atoms with Gasteiger partial charge in [0.25, 0.3) is 5.79 Å². The number of aliphatic carboxylic acids is 1. The summed E-state index contributed by atoms with van der Waals surface area (Å²) in [6.45, 7) is 0.296. The predicted molar refractivity (Wildman–Crippen MR) is 173 cm³/mol. The molecule has 4 rings (SSSR count). The molecule has 25 nitrogen and oxygen atoms in total. The van der Waals surface area contributed by atoms with Crippen molar-refractivity contribution < 1.29 is 114 Å². The summed E-state index contributed by atoms with van der Waals surface area (Å²) in [5.74, 6) is -6.72. The first-order valence-electron chi connectivity index (χ1n) is 17.6. The van der Waals surface area contributed by atoms with E-state index in [1.165, 1.54) is 6.92 Å². The molecule has 0 spiro atoms. The molecule has 0 radical (unpaired) electrons. The highest BCUT2D eigenvalue weighted by Gasteiger charge is 2.60. The Labute approximate surface area is 317 Å². The lowest BCUT2D eigenvalue weighted by Gasteiger charge is -2.51. The zero-order chi connectivity index (χ0) is 42.0.